The first-order valence-electron chi connectivity index (χ1n) is 7.40. The maximum Gasteiger partial charge on any atom is 0.340 e. The average Bonchev–Trinajstić information content (AvgIpc) is 2.61. The van der Waals surface area contributed by atoms with E-state index < -0.39 is 11.9 Å². The third-order valence-electron chi connectivity index (χ3n) is 2.99. The van der Waals surface area contributed by atoms with Crippen molar-refractivity contribution in [3.05, 3.63) is 60.4 Å². The predicted octanol–water partition coefficient (Wildman–Crippen LogP) is 2.50. The Balaban J connectivity index is 2.12. The normalized spacial score (nSPS) is 9.88. The maximum absolute atomic E-state index is 12.3. The highest BCUT2D eigenvalue weighted by Crippen LogP contribution is 2.17. The molecule has 0 radical (unpaired) electrons. The van der Waals surface area contributed by atoms with Crippen LogP contribution in [0.25, 0.3) is 0 Å². The van der Waals surface area contributed by atoms with Gasteiger partial charge in [0.05, 0.1) is 23.4 Å². The molecule has 0 fully saturated rings. The predicted molar refractivity (Wildman–Crippen MR) is 91.1 cm³/mol. The number of rotatable bonds is 7. The third kappa shape index (κ3) is 4.39. The van der Waals surface area contributed by atoms with Crippen LogP contribution in [0, 0.1) is 0 Å². The number of hydrogen-bond donors (Lipinski definition) is 2. The molecule has 2 N–H and O–H groups in total. The Morgan fingerprint density at radius 1 is 1.25 bits per heavy atom. The van der Waals surface area contributed by atoms with Crippen molar-refractivity contribution in [1.29, 1.82) is 0 Å². The van der Waals surface area contributed by atoms with Gasteiger partial charge in [0.1, 0.15) is 0 Å². The molecule has 1 aromatic carbocycles. The van der Waals surface area contributed by atoms with Crippen LogP contribution in [0.1, 0.15) is 27.6 Å². The van der Waals surface area contributed by atoms with Gasteiger partial charge in [-0.1, -0.05) is 18.2 Å². The van der Waals surface area contributed by atoms with Crippen molar-refractivity contribution in [2.24, 2.45) is 0 Å². The highest BCUT2D eigenvalue weighted by molar-refractivity contribution is 6.07. The van der Waals surface area contributed by atoms with Crippen molar-refractivity contribution in [3.63, 3.8) is 0 Å². The summed E-state index contributed by atoms with van der Waals surface area (Å²) in [6.45, 7) is 6.09. The number of carbonyl (C=O) groups excluding carboxylic acids is 2. The van der Waals surface area contributed by atoms with Crippen molar-refractivity contribution < 1.29 is 14.3 Å². The first-order valence-corrected chi connectivity index (χ1v) is 7.40. The molecule has 7 heteroatoms. The fourth-order valence-electron chi connectivity index (χ4n) is 1.87. The highest BCUT2D eigenvalue weighted by atomic mass is 16.5. The molecular formula is C17H18N4O3. The largest absolute Gasteiger partial charge is 0.462 e. The maximum atomic E-state index is 12.3. The molecule has 24 heavy (non-hydrogen) atoms. The molecular weight excluding hydrogens is 308 g/mol. The standard InChI is InChI=1S/C17H18N4O3/c1-3-9-18-17-19-10-12(11-20-17)15(22)21-14-8-6-5-7-13(14)16(23)24-4-2/h3,5-8,10-11H,1,4,9H2,2H3,(H,21,22)(H,18,19,20). The van der Waals surface area contributed by atoms with Gasteiger partial charge in [-0.15, -0.1) is 6.58 Å². The van der Waals surface area contributed by atoms with E-state index in [1.807, 2.05) is 0 Å². The molecule has 7 nitrogen and oxygen atoms in total. The van der Waals surface area contributed by atoms with E-state index in [1.165, 1.54) is 12.4 Å². The van der Waals surface area contributed by atoms with E-state index in [2.05, 4.69) is 27.2 Å². The summed E-state index contributed by atoms with van der Waals surface area (Å²) in [6, 6.07) is 6.64. The number of aromatic nitrogens is 2. The van der Waals surface area contributed by atoms with Gasteiger partial charge in [-0.25, -0.2) is 14.8 Å². The Bertz CT molecular complexity index is 729. The molecule has 0 aliphatic rings. The van der Waals surface area contributed by atoms with Crippen LogP contribution in [0.15, 0.2) is 49.3 Å². The molecule has 0 bridgehead atoms. The number of nitrogens with zero attached hydrogens (tertiary/aromatic N) is 2. The Labute approximate surface area is 139 Å². The number of hydrogen-bond acceptors (Lipinski definition) is 6. The van der Waals surface area contributed by atoms with Crippen LogP contribution in [-0.4, -0.2) is 35.0 Å². The van der Waals surface area contributed by atoms with E-state index in [1.54, 1.807) is 37.3 Å². The number of para-hydroxylation sites is 1. The van der Waals surface area contributed by atoms with Crippen molar-refractivity contribution in [2.45, 2.75) is 6.92 Å². The van der Waals surface area contributed by atoms with E-state index in [0.29, 0.717) is 18.2 Å². The van der Waals surface area contributed by atoms with Crippen molar-refractivity contribution >= 4 is 23.5 Å². The molecule has 1 aromatic heterocycles. The Hall–Kier alpha value is -3.22. The lowest BCUT2D eigenvalue weighted by atomic mass is 10.1. The van der Waals surface area contributed by atoms with Gasteiger partial charge in [0.15, 0.2) is 0 Å². The van der Waals surface area contributed by atoms with Crippen LogP contribution >= 0.6 is 0 Å². The van der Waals surface area contributed by atoms with Crippen LogP contribution in [0.4, 0.5) is 11.6 Å². The van der Waals surface area contributed by atoms with E-state index in [9.17, 15) is 9.59 Å². The van der Waals surface area contributed by atoms with Crippen molar-refractivity contribution in [3.8, 4) is 0 Å². The summed E-state index contributed by atoms with van der Waals surface area (Å²) in [5.41, 5.74) is 0.936. The summed E-state index contributed by atoms with van der Waals surface area (Å²) in [5, 5.41) is 5.59. The average molecular weight is 326 g/mol. The second kappa shape index (κ2) is 8.42. The Kier molecular flexibility index (Phi) is 6.01. The third-order valence-corrected chi connectivity index (χ3v) is 2.99. The minimum absolute atomic E-state index is 0.258. The van der Waals surface area contributed by atoms with E-state index in [4.69, 9.17) is 4.74 Å². The summed E-state index contributed by atoms with van der Waals surface area (Å²) in [4.78, 5) is 32.3. The Morgan fingerprint density at radius 2 is 1.96 bits per heavy atom. The second-order valence-corrected chi connectivity index (χ2v) is 4.69. The first kappa shape index (κ1) is 17.1. The number of benzene rings is 1. The van der Waals surface area contributed by atoms with Crippen LogP contribution in [0.5, 0.6) is 0 Å². The molecule has 0 aliphatic heterocycles. The van der Waals surface area contributed by atoms with E-state index in [0.717, 1.165) is 0 Å². The quantitative estimate of drug-likeness (QED) is 0.600. The lowest BCUT2D eigenvalue weighted by molar-refractivity contribution is 0.0527. The minimum atomic E-state index is -0.492. The van der Waals surface area contributed by atoms with Gasteiger partial charge < -0.3 is 15.4 Å². The van der Waals surface area contributed by atoms with Crippen molar-refractivity contribution in [1.82, 2.24) is 9.97 Å². The number of nitrogens with one attached hydrogen (secondary N) is 2. The monoisotopic (exact) mass is 326 g/mol. The lowest BCUT2D eigenvalue weighted by Crippen LogP contribution is -2.16. The fourth-order valence-corrected chi connectivity index (χ4v) is 1.87. The van der Waals surface area contributed by atoms with Gasteiger partial charge in [0.25, 0.3) is 5.91 Å². The number of esters is 1. The molecule has 0 atom stereocenters. The summed E-state index contributed by atoms with van der Waals surface area (Å²) in [7, 11) is 0. The van der Waals surface area contributed by atoms with Gasteiger partial charge in [0.2, 0.25) is 5.95 Å². The molecule has 0 saturated heterocycles. The molecule has 2 aromatic rings. The van der Waals surface area contributed by atoms with Crippen molar-refractivity contribution in [2.75, 3.05) is 23.8 Å². The number of carbonyl (C=O) groups is 2. The van der Waals surface area contributed by atoms with Gasteiger partial charge >= 0.3 is 5.97 Å². The molecule has 0 aliphatic carbocycles. The number of amides is 1. The van der Waals surface area contributed by atoms with E-state index >= 15 is 0 Å². The molecule has 0 spiro atoms. The molecule has 124 valence electrons. The SMILES string of the molecule is C=CCNc1ncc(C(=O)Nc2ccccc2C(=O)OCC)cn1. The zero-order valence-corrected chi connectivity index (χ0v) is 13.3. The van der Waals surface area contributed by atoms with E-state index in [-0.39, 0.29) is 17.7 Å². The van der Waals surface area contributed by atoms with Gasteiger partial charge in [0, 0.05) is 18.9 Å². The summed E-state index contributed by atoms with van der Waals surface area (Å²) >= 11 is 0. The molecule has 1 amide bonds. The number of anilines is 2. The summed E-state index contributed by atoms with van der Waals surface area (Å²) in [6.07, 6.45) is 4.48. The molecule has 1 heterocycles. The zero-order valence-electron chi connectivity index (χ0n) is 13.3. The topological polar surface area (TPSA) is 93.2 Å². The van der Waals surface area contributed by atoms with Gasteiger partial charge in [-0.05, 0) is 19.1 Å². The second-order valence-electron chi connectivity index (χ2n) is 4.69. The van der Waals surface area contributed by atoms with Crippen LogP contribution < -0.4 is 10.6 Å². The summed E-state index contributed by atoms with van der Waals surface area (Å²) < 4.78 is 4.98. The fraction of sp³-hybridized carbons (Fsp3) is 0.176. The molecule has 0 saturated carbocycles. The molecule has 2 rings (SSSR count). The van der Waals surface area contributed by atoms with Crippen LogP contribution in [-0.2, 0) is 4.74 Å². The number of ether oxygens (including phenoxy) is 1. The van der Waals surface area contributed by atoms with Gasteiger partial charge in [-0.2, -0.15) is 0 Å². The Morgan fingerprint density at radius 3 is 2.62 bits per heavy atom. The minimum Gasteiger partial charge on any atom is -0.462 e. The van der Waals surface area contributed by atoms with Gasteiger partial charge in [-0.3, -0.25) is 4.79 Å². The summed E-state index contributed by atoms with van der Waals surface area (Å²) in [5.74, 6) is -0.506. The zero-order chi connectivity index (χ0) is 17.4. The van der Waals surface area contributed by atoms with Crippen LogP contribution in [0.3, 0.4) is 0 Å². The van der Waals surface area contributed by atoms with Crippen LogP contribution in [0.2, 0.25) is 0 Å². The first-order chi connectivity index (χ1) is 11.7. The lowest BCUT2D eigenvalue weighted by Gasteiger charge is -2.10. The highest BCUT2D eigenvalue weighted by Gasteiger charge is 2.15. The smallest absolute Gasteiger partial charge is 0.340 e. The molecule has 0 unspecified atom stereocenters.